The molecule has 0 radical (unpaired) electrons. The van der Waals surface area contributed by atoms with E-state index in [2.05, 4.69) is 51.9 Å². The van der Waals surface area contributed by atoms with Crippen molar-refractivity contribution in [3.8, 4) is 11.3 Å². The molecule has 0 aliphatic heterocycles. The Morgan fingerprint density at radius 2 is 2.00 bits per heavy atom. The minimum atomic E-state index is 0.354. The molecule has 0 aliphatic carbocycles. The van der Waals surface area contributed by atoms with Gasteiger partial charge < -0.3 is 0 Å². The van der Waals surface area contributed by atoms with Gasteiger partial charge in [-0.1, -0.05) is 41.9 Å². The summed E-state index contributed by atoms with van der Waals surface area (Å²) in [5.41, 5.74) is 2.08. The highest BCUT2D eigenvalue weighted by molar-refractivity contribution is 9.10. The number of halogens is 1. The van der Waals surface area contributed by atoms with Crippen LogP contribution in [0.3, 0.4) is 0 Å². The summed E-state index contributed by atoms with van der Waals surface area (Å²) in [6, 6.07) is 10.1. The standard InChI is InChI=1S/C13H13BrN2/c1-9(2)13-15-7-6-12(16-13)10-4-3-5-11(14)8-10/h3-9H,1-2H3. The highest BCUT2D eigenvalue weighted by Crippen LogP contribution is 2.22. The molecule has 0 saturated carbocycles. The van der Waals surface area contributed by atoms with Crippen molar-refractivity contribution in [2.45, 2.75) is 19.8 Å². The van der Waals surface area contributed by atoms with Crippen LogP contribution in [0.2, 0.25) is 0 Å². The zero-order chi connectivity index (χ0) is 11.5. The van der Waals surface area contributed by atoms with E-state index in [1.807, 2.05) is 24.4 Å². The molecule has 0 aliphatic rings. The predicted octanol–water partition coefficient (Wildman–Crippen LogP) is 4.03. The van der Waals surface area contributed by atoms with Crippen LogP contribution in [0.4, 0.5) is 0 Å². The number of hydrogen-bond acceptors (Lipinski definition) is 2. The van der Waals surface area contributed by atoms with E-state index in [1.54, 1.807) is 0 Å². The van der Waals surface area contributed by atoms with E-state index in [-0.39, 0.29) is 0 Å². The Labute approximate surface area is 104 Å². The summed E-state index contributed by atoms with van der Waals surface area (Å²) in [6.45, 7) is 4.19. The number of aromatic nitrogens is 2. The number of benzene rings is 1. The Kier molecular flexibility index (Phi) is 3.34. The van der Waals surface area contributed by atoms with E-state index >= 15 is 0 Å². The molecule has 16 heavy (non-hydrogen) atoms. The first-order valence-electron chi connectivity index (χ1n) is 5.25. The first-order chi connectivity index (χ1) is 7.66. The fraction of sp³-hybridized carbons (Fsp3) is 0.231. The lowest BCUT2D eigenvalue weighted by atomic mass is 10.1. The SMILES string of the molecule is CC(C)c1nccc(-c2cccc(Br)c2)n1. The third kappa shape index (κ3) is 2.47. The van der Waals surface area contributed by atoms with E-state index in [0.717, 1.165) is 21.6 Å². The van der Waals surface area contributed by atoms with Gasteiger partial charge in [0.1, 0.15) is 5.82 Å². The number of hydrogen-bond donors (Lipinski definition) is 0. The Morgan fingerprint density at radius 3 is 2.69 bits per heavy atom. The summed E-state index contributed by atoms with van der Waals surface area (Å²) in [6.07, 6.45) is 1.82. The van der Waals surface area contributed by atoms with Crippen molar-refractivity contribution in [2.75, 3.05) is 0 Å². The number of nitrogens with zero attached hydrogens (tertiary/aromatic N) is 2. The quantitative estimate of drug-likeness (QED) is 0.828. The molecular weight excluding hydrogens is 264 g/mol. The van der Waals surface area contributed by atoms with Crippen molar-refractivity contribution >= 4 is 15.9 Å². The van der Waals surface area contributed by atoms with Crippen LogP contribution in [0.15, 0.2) is 41.0 Å². The molecular formula is C13H13BrN2. The van der Waals surface area contributed by atoms with Crippen molar-refractivity contribution in [1.29, 1.82) is 0 Å². The summed E-state index contributed by atoms with van der Waals surface area (Å²) >= 11 is 3.46. The van der Waals surface area contributed by atoms with Gasteiger partial charge in [0.15, 0.2) is 0 Å². The maximum Gasteiger partial charge on any atom is 0.131 e. The molecule has 0 N–H and O–H groups in total. The summed E-state index contributed by atoms with van der Waals surface area (Å²) in [5.74, 6) is 1.24. The van der Waals surface area contributed by atoms with Gasteiger partial charge in [0.2, 0.25) is 0 Å². The van der Waals surface area contributed by atoms with E-state index in [9.17, 15) is 0 Å². The zero-order valence-electron chi connectivity index (χ0n) is 9.31. The van der Waals surface area contributed by atoms with Gasteiger partial charge in [0, 0.05) is 22.2 Å². The lowest BCUT2D eigenvalue weighted by Crippen LogP contribution is -1.97. The molecule has 2 nitrogen and oxygen atoms in total. The van der Waals surface area contributed by atoms with Crippen LogP contribution in [0.1, 0.15) is 25.6 Å². The van der Waals surface area contributed by atoms with Crippen LogP contribution in [-0.2, 0) is 0 Å². The first kappa shape index (κ1) is 11.3. The summed E-state index contributed by atoms with van der Waals surface area (Å²) in [5, 5.41) is 0. The second-order valence-electron chi connectivity index (χ2n) is 3.97. The molecule has 82 valence electrons. The normalized spacial score (nSPS) is 10.8. The molecule has 0 bridgehead atoms. The second kappa shape index (κ2) is 4.74. The maximum atomic E-state index is 4.55. The number of rotatable bonds is 2. The topological polar surface area (TPSA) is 25.8 Å². The van der Waals surface area contributed by atoms with E-state index < -0.39 is 0 Å². The van der Waals surface area contributed by atoms with Gasteiger partial charge in [-0.15, -0.1) is 0 Å². The average Bonchev–Trinajstić information content (AvgIpc) is 2.29. The molecule has 3 heteroatoms. The molecule has 0 atom stereocenters. The first-order valence-corrected chi connectivity index (χ1v) is 6.05. The van der Waals surface area contributed by atoms with Crippen LogP contribution in [-0.4, -0.2) is 9.97 Å². The molecule has 0 spiro atoms. The van der Waals surface area contributed by atoms with E-state index in [0.29, 0.717) is 5.92 Å². The second-order valence-corrected chi connectivity index (χ2v) is 4.88. The van der Waals surface area contributed by atoms with Crippen molar-refractivity contribution in [3.63, 3.8) is 0 Å². The monoisotopic (exact) mass is 276 g/mol. The van der Waals surface area contributed by atoms with Crippen molar-refractivity contribution in [2.24, 2.45) is 0 Å². The minimum absolute atomic E-state index is 0.354. The Hall–Kier alpha value is -1.22. The minimum Gasteiger partial charge on any atom is -0.241 e. The van der Waals surface area contributed by atoms with Crippen LogP contribution < -0.4 is 0 Å². The van der Waals surface area contributed by atoms with Gasteiger partial charge in [-0.2, -0.15) is 0 Å². The fourth-order valence-electron chi connectivity index (χ4n) is 1.46. The Bertz CT molecular complexity index is 495. The summed E-state index contributed by atoms with van der Waals surface area (Å²) in [4.78, 5) is 8.82. The molecule has 1 heterocycles. The third-order valence-electron chi connectivity index (χ3n) is 2.31. The third-order valence-corrected chi connectivity index (χ3v) is 2.80. The molecule has 0 fully saturated rings. The molecule has 2 aromatic rings. The summed E-state index contributed by atoms with van der Waals surface area (Å²) < 4.78 is 1.06. The highest BCUT2D eigenvalue weighted by Gasteiger charge is 2.05. The van der Waals surface area contributed by atoms with Crippen LogP contribution in [0.25, 0.3) is 11.3 Å². The van der Waals surface area contributed by atoms with Crippen molar-refractivity contribution < 1.29 is 0 Å². The molecule has 1 aromatic carbocycles. The molecule has 1 aromatic heterocycles. The largest absolute Gasteiger partial charge is 0.241 e. The molecule has 0 amide bonds. The smallest absolute Gasteiger partial charge is 0.131 e. The molecule has 2 rings (SSSR count). The lowest BCUT2D eigenvalue weighted by Gasteiger charge is -2.06. The van der Waals surface area contributed by atoms with Gasteiger partial charge in [-0.25, -0.2) is 9.97 Å². The van der Waals surface area contributed by atoms with Gasteiger partial charge in [-0.3, -0.25) is 0 Å². The van der Waals surface area contributed by atoms with Crippen molar-refractivity contribution in [1.82, 2.24) is 9.97 Å². The predicted molar refractivity (Wildman–Crippen MR) is 69.3 cm³/mol. The summed E-state index contributed by atoms with van der Waals surface area (Å²) in [7, 11) is 0. The lowest BCUT2D eigenvalue weighted by molar-refractivity contribution is 0.776. The van der Waals surface area contributed by atoms with Gasteiger partial charge in [0.05, 0.1) is 5.69 Å². The Morgan fingerprint density at radius 1 is 1.19 bits per heavy atom. The van der Waals surface area contributed by atoms with Gasteiger partial charge in [-0.05, 0) is 18.2 Å². The van der Waals surface area contributed by atoms with Crippen LogP contribution in [0.5, 0.6) is 0 Å². The van der Waals surface area contributed by atoms with E-state index in [1.165, 1.54) is 0 Å². The van der Waals surface area contributed by atoms with Crippen LogP contribution in [0, 0.1) is 0 Å². The molecule has 0 saturated heterocycles. The maximum absolute atomic E-state index is 4.55. The Balaban J connectivity index is 2.44. The fourth-order valence-corrected chi connectivity index (χ4v) is 1.86. The molecule has 0 unspecified atom stereocenters. The van der Waals surface area contributed by atoms with Crippen LogP contribution >= 0.6 is 15.9 Å². The zero-order valence-corrected chi connectivity index (χ0v) is 10.9. The van der Waals surface area contributed by atoms with Gasteiger partial charge >= 0.3 is 0 Å². The van der Waals surface area contributed by atoms with Crippen molar-refractivity contribution in [3.05, 3.63) is 46.8 Å². The average molecular weight is 277 g/mol. The highest BCUT2D eigenvalue weighted by atomic mass is 79.9. The van der Waals surface area contributed by atoms with Gasteiger partial charge in [0.25, 0.3) is 0 Å². The van der Waals surface area contributed by atoms with E-state index in [4.69, 9.17) is 0 Å².